The molecule has 0 radical (unpaired) electrons. The van der Waals surface area contributed by atoms with Gasteiger partial charge in [0.05, 0.1) is 0 Å². The standard InChI is InChI=1S/C11H20ClNO/c1-9(12)6-7-13(2)11(14)8-10-4-3-5-10/h9-10H,3-8H2,1-2H3. The van der Waals surface area contributed by atoms with Crippen molar-refractivity contribution in [3.05, 3.63) is 0 Å². The highest BCUT2D eigenvalue weighted by Gasteiger charge is 2.22. The first-order valence-corrected chi connectivity index (χ1v) is 5.91. The van der Waals surface area contributed by atoms with Gasteiger partial charge in [0, 0.05) is 25.4 Å². The van der Waals surface area contributed by atoms with Gasteiger partial charge in [0.2, 0.25) is 5.91 Å². The van der Waals surface area contributed by atoms with Crippen LogP contribution in [0, 0.1) is 5.92 Å². The van der Waals surface area contributed by atoms with Crippen molar-refractivity contribution in [1.29, 1.82) is 0 Å². The maximum absolute atomic E-state index is 11.6. The van der Waals surface area contributed by atoms with Crippen molar-refractivity contribution in [3.8, 4) is 0 Å². The lowest BCUT2D eigenvalue weighted by molar-refractivity contribution is -0.131. The molecule has 0 aliphatic heterocycles. The van der Waals surface area contributed by atoms with Gasteiger partial charge in [-0.3, -0.25) is 4.79 Å². The van der Waals surface area contributed by atoms with Gasteiger partial charge in [-0.15, -0.1) is 11.6 Å². The second kappa shape index (κ2) is 5.59. The molecule has 0 bridgehead atoms. The summed E-state index contributed by atoms with van der Waals surface area (Å²) in [6.07, 6.45) is 5.42. The monoisotopic (exact) mass is 217 g/mol. The summed E-state index contributed by atoms with van der Waals surface area (Å²) in [4.78, 5) is 13.5. The largest absolute Gasteiger partial charge is 0.346 e. The lowest BCUT2D eigenvalue weighted by Gasteiger charge is -2.27. The Morgan fingerprint density at radius 1 is 1.57 bits per heavy atom. The molecule has 0 N–H and O–H groups in total. The molecule has 1 saturated carbocycles. The van der Waals surface area contributed by atoms with Crippen LogP contribution in [0.3, 0.4) is 0 Å². The number of nitrogens with zero attached hydrogens (tertiary/aromatic N) is 1. The van der Waals surface area contributed by atoms with Crippen molar-refractivity contribution >= 4 is 17.5 Å². The van der Waals surface area contributed by atoms with Crippen molar-refractivity contribution in [2.45, 2.75) is 44.4 Å². The van der Waals surface area contributed by atoms with E-state index in [4.69, 9.17) is 11.6 Å². The number of rotatable bonds is 5. The molecule has 0 aromatic carbocycles. The molecule has 1 rings (SSSR count). The predicted molar refractivity (Wildman–Crippen MR) is 59.5 cm³/mol. The molecule has 1 aliphatic rings. The molecule has 3 heteroatoms. The lowest BCUT2D eigenvalue weighted by Crippen LogP contribution is -2.31. The van der Waals surface area contributed by atoms with Crippen LogP contribution in [-0.2, 0) is 4.79 Å². The number of halogens is 1. The fraction of sp³-hybridized carbons (Fsp3) is 0.909. The molecule has 1 amide bonds. The molecule has 2 nitrogen and oxygen atoms in total. The van der Waals surface area contributed by atoms with Crippen molar-refractivity contribution in [2.75, 3.05) is 13.6 Å². The summed E-state index contributed by atoms with van der Waals surface area (Å²) in [5, 5.41) is 0.161. The second-order valence-corrected chi connectivity index (χ2v) is 5.13. The Morgan fingerprint density at radius 2 is 2.21 bits per heavy atom. The van der Waals surface area contributed by atoms with Crippen molar-refractivity contribution in [2.24, 2.45) is 5.92 Å². The van der Waals surface area contributed by atoms with Crippen molar-refractivity contribution in [3.63, 3.8) is 0 Å². The van der Waals surface area contributed by atoms with Crippen LogP contribution >= 0.6 is 11.6 Å². The van der Waals surface area contributed by atoms with E-state index in [0.717, 1.165) is 19.4 Å². The number of carbonyl (C=O) groups is 1. The molecule has 0 saturated heterocycles. The number of alkyl halides is 1. The minimum atomic E-state index is 0.161. The van der Waals surface area contributed by atoms with E-state index in [9.17, 15) is 4.79 Å². The van der Waals surface area contributed by atoms with Crippen LogP contribution in [0.2, 0.25) is 0 Å². The summed E-state index contributed by atoms with van der Waals surface area (Å²) in [6, 6.07) is 0. The Morgan fingerprint density at radius 3 is 2.64 bits per heavy atom. The van der Waals surface area contributed by atoms with E-state index in [0.29, 0.717) is 5.92 Å². The molecular weight excluding hydrogens is 198 g/mol. The zero-order valence-electron chi connectivity index (χ0n) is 9.13. The van der Waals surface area contributed by atoms with E-state index in [1.807, 2.05) is 18.9 Å². The molecular formula is C11H20ClNO. The SMILES string of the molecule is CC(Cl)CCN(C)C(=O)CC1CCC1. The summed E-state index contributed by atoms with van der Waals surface area (Å²) in [7, 11) is 1.88. The fourth-order valence-corrected chi connectivity index (χ4v) is 1.69. The van der Waals surface area contributed by atoms with Crippen LogP contribution in [-0.4, -0.2) is 29.8 Å². The molecule has 1 aliphatic carbocycles. The Hall–Kier alpha value is -0.240. The molecule has 14 heavy (non-hydrogen) atoms. The first kappa shape index (κ1) is 11.8. The number of hydrogen-bond acceptors (Lipinski definition) is 1. The van der Waals surface area contributed by atoms with Crippen LogP contribution in [0.15, 0.2) is 0 Å². The van der Waals surface area contributed by atoms with E-state index in [-0.39, 0.29) is 11.3 Å². The second-order valence-electron chi connectivity index (χ2n) is 4.39. The summed E-state index contributed by atoms with van der Waals surface area (Å²) in [6.45, 7) is 2.75. The van der Waals surface area contributed by atoms with Gasteiger partial charge >= 0.3 is 0 Å². The Labute approximate surface area is 91.6 Å². The molecule has 1 unspecified atom stereocenters. The third-order valence-corrected chi connectivity index (χ3v) is 3.19. The zero-order chi connectivity index (χ0) is 10.6. The Kier molecular flexibility index (Phi) is 4.73. The van der Waals surface area contributed by atoms with Crippen molar-refractivity contribution in [1.82, 2.24) is 4.90 Å². The topological polar surface area (TPSA) is 20.3 Å². The van der Waals surface area contributed by atoms with Crippen LogP contribution in [0.25, 0.3) is 0 Å². The number of carbonyl (C=O) groups excluding carboxylic acids is 1. The first-order valence-electron chi connectivity index (χ1n) is 5.47. The van der Waals surface area contributed by atoms with Crippen molar-refractivity contribution < 1.29 is 4.79 Å². The smallest absolute Gasteiger partial charge is 0.222 e. The van der Waals surface area contributed by atoms with Gasteiger partial charge in [-0.05, 0) is 32.1 Å². The normalized spacial score (nSPS) is 18.8. The van der Waals surface area contributed by atoms with Gasteiger partial charge in [0.15, 0.2) is 0 Å². The highest BCUT2D eigenvalue weighted by Crippen LogP contribution is 2.29. The Balaban J connectivity index is 2.14. The molecule has 1 fully saturated rings. The van der Waals surface area contributed by atoms with Gasteiger partial charge in [0.1, 0.15) is 0 Å². The van der Waals surface area contributed by atoms with Gasteiger partial charge in [0.25, 0.3) is 0 Å². The third-order valence-electron chi connectivity index (χ3n) is 2.98. The average Bonchev–Trinajstić information content (AvgIpc) is 2.06. The fourth-order valence-electron chi connectivity index (χ4n) is 1.60. The average molecular weight is 218 g/mol. The minimum Gasteiger partial charge on any atom is -0.346 e. The maximum atomic E-state index is 11.6. The summed E-state index contributed by atoms with van der Waals surface area (Å²) in [5.74, 6) is 0.949. The quantitative estimate of drug-likeness (QED) is 0.649. The van der Waals surface area contributed by atoms with Gasteiger partial charge < -0.3 is 4.90 Å². The predicted octanol–water partition coefficient (Wildman–Crippen LogP) is 2.65. The summed E-state index contributed by atoms with van der Waals surface area (Å²) in [5.41, 5.74) is 0. The molecule has 0 aromatic rings. The van der Waals surface area contributed by atoms with Crippen LogP contribution < -0.4 is 0 Å². The summed E-state index contributed by atoms with van der Waals surface area (Å²) < 4.78 is 0. The third kappa shape index (κ3) is 3.87. The number of amides is 1. The van der Waals surface area contributed by atoms with Crippen LogP contribution in [0.1, 0.15) is 39.0 Å². The highest BCUT2D eigenvalue weighted by atomic mass is 35.5. The number of hydrogen-bond donors (Lipinski definition) is 0. The van der Waals surface area contributed by atoms with E-state index >= 15 is 0 Å². The Bertz CT molecular complexity index is 190. The summed E-state index contributed by atoms with van der Waals surface area (Å²) >= 11 is 5.83. The maximum Gasteiger partial charge on any atom is 0.222 e. The van der Waals surface area contributed by atoms with E-state index < -0.39 is 0 Å². The molecule has 1 atom stereocenters. The van der Waals surface area contributed by atoms with Gasteiger partial charge in [-0.2, -0.15) is 0 Å². The first-order chi connectivity index (χ1) is 6.59. The van der Waals surface area contributed by atoms with Crippen LogP contribution in [0.5, 0.6) is 0 Å². The minimum absolute atomic E-state index is 0.161. The van der Waals surface area contributed by atoms with E-state index in [2.05, 4.69) is 0 Å². The highest BCUT2D eigenvalue weighted by molar-refractivity contribution is 6.20. The van der Waals surface area contributed by atoms with Gasteiger partial charge in [-0.1, -0.05) is 6.42 Å². The molecule has 0 aromatic heterocycles. The van der Waals surface area contributed by atoms with Crippen LogP contribution in [0.4, 0.5) is 0 Å². The van der Waals surface area contributed by atoms with E-state index in [1.165, 1.54) is 19.3 Å². The molecule has 82 valence electrons. The van der Waals surface area contributed by atoms with Gasteiger partial charge in [-0.25, -0.2) is 0 Å². The van der Waals surface area contributed by atoms with E-state index in [1.54, 1.807) is 0 Å². The zero-order valence-corrected chi connectivity index (χ0v) is 9.89. The lowest BCUT2D eigenvalue weighted by atomic mass is 9.83. The molecule has 0 spiro atoms. The molecule has 0 heterocycles.